The van der Waals surface area contributed by atoms with Crippen molar-refractivity contribution < 1.29 is 24.5 Å². The molecule has 1 aliphatic rings. The summed E-state index contributed by atoms with van der Waals surface area (Å²) >= 11 is 6.02. The molecule has 30 heavy (non-hydrogen) atoms. The number of phenols is 1. The van der Waals surface area contributed by atoms with Crippen LogP contribution in [-0.2, 0) is 9.59 Å². The molecule has 6 heteroatoms. The maximum absolute atomic E-state index is 13.0. The van der Waals surface area contributed by atoms with E-state index >= 15 is 0 Å². The molecular formula is C24H17ClO5. The topological polar surface area (TPSA) is 83.8 Å². The molecule has 0 saturated heterocycles. The number of carboxylic acid groups (broad SMARTS) is 1. The van der Waals surface area contributed by atoms with Gasteiger partial charge < -0.3 is 14.9 Å². The molecule has 3 aromatic rings. The van der Waals surface area contributed by atoms with Crippen molar-refractivity contribution in [1.29, 1.82) is 0 Å². The lowest BCUT2D eigenvalue weighted by Crippen LogP contribution is -2.30. The average Bonchev–Trinajstić information content (AvgIpc) is 2.72. The van der Waals surface area contributed by atoms with Gasteiger partial charge in [-0.25, -0.2) is 4.79 Å². The van der Waals surface area contributed by atoms with E-state index in [0.29, 0.717) is 10.8 Å². The lowest BCUT2D eigenvalue weighted by atomic mass is 9.75. The maximum atomic E-state index is 13.0. The molecule has 1 heterocycles. The Hall–Kier alpha value is -3.57. The number of hydrogen-bond donors (Lipinski definition) is 2. The Labute approximate surface area is 177 Å². The molecule has 0 amide bonds. The van der Waals surface area contributed by atoms with E-state index in [4.69, 9.17) is 21.4 Å². The van der Waals surface area contributed by atoms with E-state index in [9.17, 15) is 14.7 Å². The van der Waals surface area contributed by atoms with Crippen molar-refractivity contribution in [2.45, 2.75) is 11.8 Å². The predicted octanol–water partition coefficient (Wildman–Crippen LogP) is 4.98. The van der Waals surface area contributed by atoms with Gasteiger partial charge in [0.2, 0.25) is 0 Å². The molecule has 0 radical (unpaired) electrons. The smallest absolute Gasteiger partial charge is 0.328 e. The van der Waals surface area contributed by atoms with Crippen LogP contribution in [0.5, 0.6) is 11.5 Å². The molecular weight excluding hydrogens is 404 g/mol. The minimum absolute atomic E-state index is 0.0133. The number of hydrogen-bond acceptors (Lipinski definition) is 4. The number of phenolic OH excluding ortho intramolecular Hbond substituents is 1. The number of aromatic hydroxyl groups is 1. The molecule has 1 aliphatic heterocycles. The second-order valence-corrected chi connectivity index (χ2v) is 7.42. The van der Waals surface area contributed by atoms with Gasteiger partial charge >= 0.3 is 11.9 Å². The number of esters is 1. The van der Waals surface area contributed by atoms with Crippen LogP contribution in [0, 0.1) is 0 Å². The number of benzene rings is 3. The Morgan fingerprint density at radius 1 is 0.933 bits per heavy atom. The minimum Gasteiger partial charge on any atom is -0.508 e. The standard InChI is InChI=1S/C24H17ClO5/c25-17-8-6-16(7-9-17)23-22(15-4-1-14(2-5-15)3-12-21(27)28)19-11-10-18(26)13-20(19)30-24(23)29/h1-13,22-23,26H,(H,27,28)/b12-3+. The lowest BCUT2D eigenvalue weighted by Gasteiger charge is -2.32. The summed E-state index contributed by atoms with van der Waals surface area (Å²) in [7, 11) is 0. The third-order valence-corrected chi connectivity index (χ3v) is 5.33. The zero-order valence-corrected chi connectivity index (χ0v) is 16.4. The molecule has 0 spiro atoms. The SMILES string of the molecule is O=C(O)/C=C/c1ccc(C2c3ccc(O)cc3OC(=O)C2c2ccc(Cl)cc2)cc1. The average molecular weight is 421 g/mol. The molecule has 2 unspecified atom stereocenters. The molecule has 0 bridgehead atoms. The molecule has 2 N–H and O–H groups in total. The largest absolute Gasteiger partial charge is 0.508 e. The van der Waals surface area contributed by atoms with Gasteiger partial charge in [0, 0.05) is 28.6 Å². The first-order chi connectivity index (χ1) is 14.4. The van der Waals surface area contributed by atoms with Crippen LogP contribution in [0.3, 0.4) is 0 Å². The van der Waals surface area contributed by atoms with Crippen LogP contribution in [0.1, 0.15) is 34.1 Å². The molecule has 0 aliphatic carbocycles. The van der Waals surface area contributed by atoms with Gasteiger partial charge in [-0.3, -0.25) is 4.79 Å². The van der Waals surface area contributed by atoms with E-state index in [1.165, 1.54) is 12.1 Å². The minimum atomic E-state index is -1.02. The molecule has 3 aromatic carbocycles. The normalized spacial score (nSPS) is 18.1. The van der Waals surface area contributed by atoms with Crippen LogP contribution in [-0.4, -0.2) is 22.2 Å². The van der Waals surface area contributed by atoms with E-state index < -0.39 is 17.9 Å². The second kappa shape index (κ2) is 8.05. The van der Waals surface area contributed by atoms with Gasteiger partial charge in [0.25, 0.3) is 0 Å². The van der Waals surface area contributed by atoms with Crippen LogP contribution in [0.15, 0.2) is 72.8 Å². The fourth-order valence-electron chi connectivity index (χ4n) is 3.71. The summed E-state index contributed by atoms with van der Waals surface area (Å²) in [6, 6.07) is 19.1. The highest BCUT2D eigenvalue weighted by Gasteiger charge is 2.39. The molecule has 2 atom stereocenters. The zero-order valence-electron chi connectivity index (χ0n) is 15.7. The number of carbonyl (C=O) groups excluding carboxylic acids is 1. The number of rotatable bonds is 4. The summed E-state index contributed by atoms with van der Waals surface area (Å²) in [4.78, 5) is 23.7. The van der Waals surface area contributed by atoms with Crippen LogP contribution >= 0.6 is 11.6 Å². The van der Waals surface area contributed by atoms with Crippen LogP contribution in [0.25, 0.3) is 6.08 Å². The van der Waals surface area contributed by atoms with E-state index in [-0.39, 0.29) is 11.7 Å². The number of fused-ring (bicyclic) bond motifs is 1. The number of ether oxygens (including phenoxy) is 1. The van der Waals surface area contributed by atoms with Gasteiger partial charge in [-0.2, -0.15) is 0 Å². The summed E-state index contributed by atoms with van der Waals surface area (Å²) in [6.07, 6.45) is 2.57. The lowest BCUT2D eigenvalue weighted by molar-refractivity contribution is -0.137. The number of aliphatic carboxylic acids is 1. The summed E-state index contributed by atoms with van der Waals surface area (Å²) in [6.45, 7) is 0. The van der Waals surface area contributed by atoms with E-state index in [1.807, 2.05) is 12.1 Å². The number of halogens is 1. The molecule has 150 valence electrons. The van der Waals surface area contributed by atoms with Crippen molar-refractivity contribution in [2.75, 3.05) is 0 Å². The van der Waals surface area contributed by atoms with Gasteiger partial charge in [0.05, 0.1) is 5.92 Å². The second-order valence-electron chi connectivity index (χ2n) is 6.99. The van der Waals surface area contributed by atoms with Crippen molar-refractivity contribution in [3.8, 4) is 11.5 Å². The zero-order chi connectivity index (χ0) is 21.3. The van der Waals surface area contributed by atoms with Crippen molar-refractivity contribution >= 4 is 29.6 Å². The van der Waals surface area contributed by atoms with Gasteiger partial charge in [-0.05, 0) is 41.0 Å². The molecule has 5 nitrogen and oxygen atoms in total. The van der Waals surface area contributed by atoms with Crippen molar-refractivity contribution in [3.63, 3.8) is 0 Å². The van der Waals surface area contributed by atoms with E-state index in [1.54, 1.807) is 48.5 Å². The van der Waals surface area contributed by atoms with Crippen LogP contribution in [0.4, 0.5) is 0 Å². The van der Waals surface area contributed by atoms with Crippen molar-refractivity contribution in [1.82, 2.24) is 0 Å². The fraction of sp³-hybridized carbons (Fsp3) is 0.0833. The molecule has 4 rings (SSSR count). The van der Waals surface area contributed by atoms with Crippen LogP contribution in [0.2, 0.25) is 5.02 Å². The van der Waals surface area contributed by atoms with Gasteiger partial charge in [-0.1, -0.05) is 54.1 Å². The Bertz CT molecular complexity index is 1130. The Balaban J connectivity index is 1.82. The van der Waals surface area contributed by atoms with Gasteiger partial charge in [0.1, 0.15) is 11.5 Å². The summed E-state index contributed by atoms with van der Waals surface area (Å²) in [5.41, 5.74) is 3.14. The van der Waals surface area contributed by atoms with E-state index in [0.717, 1.165) is 28.3 Å². The van der Waals surface area contributed by atoms with Crippen molar-refractivity contribution in [2.24, 2.45) is 0 Å². The summed E-state index contributed by atoms with van der Waals surface area (Å²) in [5.74, 6) is -2.05. The monoisotopic (exact) mass is 420 g/mol. The summed E-state index contributed by atoms with van der Waals surface area (Å²) < 4.78 is 5.54. The molecule has 0 aromatic heterocycles. The Morgan fingerprint density at radius 3 is 2.23 bits per heavy atom. The first-order valence-corrected chi connectivity index (χ1v) is 9.61. The third kappa shape index (κ3) is 3.93. The molecule has 0 saturated carbocycles. The quantitative estimate of drug-likeness (QED) is 0.353. The number of carboxylic acids is 1. The van der Waals surface area contributed by atoms with Gasteiger partial charge in [0.15, 0.2) is 0 Å². The highest BCUT2D eigenvalue weighted by atomic mass is 35.5. The van der Waals surface area contributed by atoms with E-state index in [2.05, 4.69) is 0 Å². The maximum Gasteiger partial charge on any atom is 0.328 e. The molecule has 0 fully saturated rings. The predicted molar refractivity (Wildman–Crippen MR) is 113 cm³/mol. The highest BCUT2D eigenvalue weighted by molar-refractivity contribution is 6.30. The summed E-state index contributed by atoms with van der Waals surface area (Å²) in [5, 5.41) is 19.2. The first kappa shape index (κ1) is 19.7. The Kier molecular flexibility index (Phi) is 5.29. The fourth-order valence-corrected chi connectivity index (χ4v) is 3.83. The Morgan fingerprint density at radius 2 is 1.57 bits per heavy atom. The highest BCUT2D eigenvalue weighted by Crippen LogP contribution is 2.47. The van der Waals surface area contributed by atoms with Crippen LogP contribution < -0.4 is 4.74 Å². The third-order valence-electron chi connectivity index (χ3n) is 5.07. The van der Waals surface area contributed by atoms with Crippen molar-refractivity contribution in [3.05, 3.63) is 100 Å². The number of carbonyl (C=O) groups is 2. The van der Waals surface area contributed by atoms with Gasteiger partial charge in [-0.15, -0.1) is 0 Å². The first-order valence-electron chi connectivity index (χ1n) is 9.23.